The molecule has 0 heterocycles. The summed E-state index contributed by atoms with van der Waals surface area (Å²) in [4.78, 5) is 0. The minimum Gasteiger partial charge on any atom is -0.481 e. The van der Waals surface area contributed by atoms with Crippen LogP contribution in [-0.4, -0.2) is 6.61 Å². The van der Waals surface area contributed by atoms with E-state index in [1.807, 2.05) is 0 Å². The van der Waals surface area contributed by atoms with Gasteiger partial charge in [0.05, 0.1) is 0 Å². The van der Waals surface area contributed by atoms with Gasteiger partial charge in [0.25, 0.3) is 0 Å². The van der Waals surface area contributed by atoms with Gasteiger partial charge in [0.15, 0.2) is 0 Å². The van der Waals surface area contributed by atoms with Gasteiger partial charge >= 0.3 is 0 Å². The Bertz CT molecular complexity index is 355. The summed E-state index contributed by atoms with van der Waals surface area (Å²) in [5.41, 5.74) is 6.02. The van der Waals surface area contributed by atoms with Crippen LogP contribution in [0.3, 0.4) is 0 Å². The van der Waals surface area contributed by atoms with Gasteiger partial charge in [0, 0.05) is 17.7 Å². The average Bonchev–Trinajstić information content (AvgIpc) is 2.14. The van der Waals surface area contributed by atoms with Crippen LogP contribution < -0.4 is 10.5 Å². The molecule has 1 aromatic carbocycles. The number of hydrogen-bond donors (Lipinski definition) is 1. The fraction of sp³-hybridized carbons (Fsp3) is 0.273. The standard InChI is InChI=1S/C11H12FNO/c1-3-6-14-9-4-5-10(8(2)13)11(12)7-9/h1,4-5,7-8H,6,13H2,2H3. The third-order valence-electron chi connectivity index (χ3n) is 1.78. The molecule has 0 aliphatic rings. The maximum Gasteiger partial charge on any atom is 0.148 e. The third kappa shape index (κ3) is 2.48. The first-order valence-electron chi connectivity index (χ1n) is 4.26. The molecular weight excluding hydrogens is 181 g/mol. The van der Waals surface area contributed by atoms with Crippen molar-refractivity contribution in [2.24, 2.45) is 5.73 Å². The SMILES string of the molecule is C#CCOc1ccc(C(C)N)c(F)c1. The van der Waals surface area contributed by atoms with Crippen LogP contribution in [0.1, 0.15) is 18.5 Å². The normalized spacial score (nSPS) is 11.9. The summed E-state index contributed by atoms with van der Waals surface area (Å²) in [7, 11) is 0. The molecule has 0 amide bonds. The fourth-order valence-corrected chi connectivity index (χ4v) is 1.09. The van der Waals surface area contributed by atoms with Crippen molar-refractivity contribution < 1.29 is 9.13 Å². The van der Waals surface area contributed by atoms with Gasteiger partial charge in [-0.25, -0.2) is 4.39 Å². The van der Waals surface area contributed by atoms with Crippen molar-refractivity contribution in [2.45, 2.75) is 13.0 Å². The first kappa shape index (κ1) is 10.6. The van der Waals surface area contributed by atoms with Crippen molar-refractivity contribution in [3.63, 3.8) is 0 Å². The molecule has 74 valence electrons. The molecule has 0 radical (unpaired) electrons. The van der Waals surface area contributed by atoms with E-state index in [4.69, 9.17) is 16.9 Å². The smallest absolute Gasteiger partial charge is 0.148 e. The molecule has 14 heavy (non-hydrogen) atoms. The van der Waals surface area contributed by atoms with Crippen LogP contribution in [0, 0.1) is 18.2 Å². The highest BCUT2D eigenvalue weighted by Crippen LogP contribution is 2.20. The number of ether oxygens (including phenoxy) is 1. The summed E-state index contributed by atoms with van der Waals surface area (Å²) in [6.07, 6.45) is 5.00. The molecule has 2 nitrogen and oxygen atoms in total. The van der Waals surface area contributed by atoms with Gasteiger partial charge < -0.3 is 10.5 Å². The van der Waals surface area contributed by atoms with Crippen molar-refractivity contribution in [1.82, 2.24) is 0 Å². The molecule has 0 saturated heterocycles. The Kier molecular flexibility index (Phi) is 3.49. The maximum atomic E-state index is 13.3. The van der Waals surface area contributed by atoms with Gasteiger partial charge in [-0.3, -0.25) is 0 Å². The third-order valence-corrected chi connectivity index (χ3v) is 1.78. The molecule has 0 aromatic heterocycles. The van der Waals surface area contributed by atoms with Gasteiger partial charge in [0.1, 0.15) is 18.2 Å². The summed E-state index contributed by atoms with van der Waals surface area (Å²) in [6.45, 7) is 1.86. The number of rotatable bonds is 3. The lowest BCUT2D eigenvalue weighted by Gasteiger charge is -2.08. The van der Waals surface area contributed by atoms with E-state index < -0.39 is 0 Å². The van der Waals surface area contributed by atoms with Gasteiger partial charge in [-0.15, -0.1) is 6.42 Å². The first-order chi connectivity index (χ1) is 6.65. The van der Waals surface area contributed by atoms with Crippen molar-refractivity contribution in [3.8, 4) is 18.1 Å². The van der Waals surface area contributed by atoms with Crippen LogP contribution in [0.25, 0.3) is 0 Å². The van der Waals surface area contributed by atoms with E-state index in [1.165, 1.54) is 6.07 Å². The highest BCUT2D eigenvalue weighted by Gasteiger charge is 2.07. The number of nitrogens with two attached hydrogens (primary N) is 1. The molecule has 1 unspecified atom stereocenters. The van der Waals surface area contributed by atoms with Gasteiger partial charge in [-0.2, -0.15) is 0 Å². The topological polar surface area (TPSA) is 35.2 Å². The zero-order valence-corrected chi connectivity index (χ0v) is 7.96. The highest BCUT2D eigenvalue weighted by atomic mass is 19.1. The van der Waals surface area contributed by atoms with Crippen LogP contribution in [0.5, 0.6) is 5.75 Å². The Balaban J connectivity index is 2.85. The zero-order chi connectivity index (χ0) is 10.6. The monoisotopic (exact) mass is 193 g/mol. The molecule has 0 fully saturated rings. The molecule has 3 heteroatoms. The largest absolute Gasteiger partial charge is 0.481 e. The summed E-state index contributed by atoms with van der Waals surface area (Å²) < 4.78 is 18.4. The Labute approximate surface area is 82.9 Å². The Morgan fingerprint density at radius 1 is 1.64 bits per heavy atom. The second kappa shape index (κ2) is 4.64. The Morgan fingerprint density at radius 2 is 2.36 bits per heavy atom. The maximum absolute atomic E-state index is 13.3. The molecular formula is C11H12FNO. The van der Waals surface area contributed by atoms with Crippen LogP contribution in [0.2, 0.25) is 0 Å². The molecule has 1 atom stereocenters. The summed E-state index contributed by atoms with van der Waals surface area (Å²) >= 11 is 0. The lowest BCUT2D eigenvalue weighted by atomic mass is 10.1. The lowest BCUT2D eigenvalue weighted by molar-refractivity contribution is 0.367. The summed E-state index contributed by atoms with van der Waals surface area (Å²) in [6, 6.07) is 4.22. The van der Waals surface area contributed by atoms with Crippen molar-refractivity contribution in [1.29, 1.82) is 0 Å². The van der Waals surface area contributed by atoms with Crippen molar-refractivity contribution >= 4 is 0 Å². The second-order valence-electron chi connectivity index (χ2n) is 2.96. The lowest BCUT2D eigenvalue weighted by Crippen LogP contribution is -2.07. The van der Waals surface area contributed by atoms with E-state index in [0.717, 1.165) is 0 Å². The fourth-order valence-electron chi connectivity index (χ4n) is 1.09. The number of benzene rings is 1. The van der Waals surface area contributed by atoms with Gasteiger partial charge in [-0.1, -0.05) is 12.0 Å². The van der Waals surface area contributed by atoms with Crippen molar-refractivity contribution in [2.75, 3.05) is 6.61 Å². The van der Waals surface area contributed by atoms with Crippen LogP contribution in [0.4, 0.5) is 4.39 Å². The first-order valence-corrected chi connectivity index (χ1v) is 4.26. The molecule has 0 bridgehead atoms. The molecule has 2 N–H and O–H groups in total. The van der Waals surface area contributed by atoms with E-state index in [2.05, 4.69) is 5.92 Å². The number of halogens is 1. The molecule has 1 aromatic rings. The highest BCUT2D eigenvalue weighted by molar-refractivity contribution is 5.30. The quantitative estimate of drug-likeness (QED) is 0.743. The minimum atomic E-state index is -0.366. The van der Waals surface area contributed by atoms with E-state index in [9.17, 15) is 4.39 Å². The van der Waals surface area contributed by atoms with E-state index in [-0.39, 0.29) is 18.5 Å². The summed E-state index contributed by atoms with van der Waals surface area (Å²) in [5, 5.41) is 0. The average molecular weight is 193 g/mol. The second-order valence-corrected chi connectivity index (χ2v) is 2.96. The Morgan fingerprint density at radius 3 is 2.86 bits per heavy atom. The predicted molar refractivity (Wildman–Crippen MR) is 53.3 cm³/mol. The van der Waals surface area contributed by atoms with Gasteiger partial charge in [-0.05, 0) is 13.0 Å². The Hall–Kier alpha value is -1.53. The molecule has 0 saturated carbocycles. The number of terminal acetylenes is 1. The molecule has 0 spiro atoms. The van der Waals surface area contributed by atoms with Crippen LogP contribution in [-0.2, 0) is 0 Å². The van der Waals surface area contributed by atoms with Crippen LogP contribution >= 0.6 is 0 Å². The molecule has 0 aliphatic heterocycles. The van der Waals surface area contributed by atoms with Crippen LogP contribution in [0.15, 0.2) is 18.2 Å². The number of hydrogen-bond acceptors (Lipinski definition) is 2. The zero-order valence-electron chi connectivity index (χ0n) is 7.96. The van der Waals surface area contributed by atoms with Gasteiger partial charge in [0.2, 0.25) is 0 Å². The predicted octanol–water partition coefficient (Wildman–Crippen LogP) is 1.86. The minimum absolute atomic E-state index is 0.136. The van der Waals surface area contributed by atoms with E-state index >= 15 is 0 Å². The van der Waals surface area contributed by atoms with E-state index in [0.29, 0.717) is 11.3 Å². The van der Waals surface area contributed by atoms with Crippen molar-refractivity contribution in [3.05, 3.63) is 29.6 Å². The molecule has 1 rings (SSSR count). The summed E-state index contributed by atoms with van der Waals surface area (Å²) in [5.74, 6) is 2.36. The van der Waals surface area contributed by atoms with E-state index in [1.54, 1.807) is 19.1 Å². The molecule has 0 aliphatic carbocycles.